The van der Waals surface area contributed by atoms with Crippen LogP contribution in [0, 0.1) is 0 Å². The minimum atomic E-state index is 0.830. The number of furan rings is 1. The van der Waals surface area contributed by atoms with Gasteiger partial charge in [-0.05, 0) is 5.56 Å². The van der Waals surface area contributed by atoms with Crippen LogP contribution in [-0.4, -0.2) is 9.55 Å². The predicted octanol–water partition coefficient (Wildman–Crippen LogP) is 2.68. The molecule has 0 aliphatic heterocycles. The largest absolute Gasteiger partial charge is 0.471 e. The molecule has 2 aromatic heterocycles. The summed E-state index contributed by atoms with van der Waals surface area (Å²) >= 11 is 0. The van der Waals surface area contributed by atoms with Crippen LogP contribution in [0.3, 0.4) is 0 Å². The van der Waals surface area contributed by atoms with Gasteiger partial charge >= 0.3 is 0 Å². The predicted molar refractivity (Wildman–Crippen MR) is 57.5 cm³/mol. The van der Waals surface area contributed by atoms with Gasteiger partial charge in [-0.15, -0.1) is 0 Å². The average molecular weight is 198 g/mol. The van der Waals surface area contributed by atoms with Crippen LogP contribution in [0.2, 0.25) is 0 Å². The summed E-state index contributed by atoms with van der Waals surface area (Å²) in [6, 6.07) is 6.21. The van der Waals surface area contributed by atoms with Gasteiger partial charge in [-0.1, -0.05) is 18.2 Å². The minimum Gasteiger partial charge on any atom is -0.471 e. The zero-order chi connectivity index (χ0) is 10.1. The van der Waals surface area contributed by atoms with E-state index >= 15 is 0 Å². The first kappa shape index (κ1) is 8.29. The molecule has 1 aromatic carbocycles. The fourth-order valence-electron chi connectivity index (χ4n) is 1.77. The Morgan fingerprint density at radius 1 is 1.27 bits per heavy atom. The summed E-state index contributed by atoms with van der Waals surface area (Å²) in [4.78, 5) is 4.03. The Labute approximate surface area is 87.0 Å². The van der Waals surface area contributed by atoms with Gasteiger partial charge < -0.3 is 8.98 Å². The lowest BCUT2D eigenvalue weighted by Crippen LogP contribution is -1.96. The number of aromatic nitrogens is 2. The molecule has 0 atom stereocenters. The van der Waals surface area contributed by atoms with E-state index in [9.17, 15) is 0 Å². The molecule has 0 saturated carbocycles. The summed E-state index contributed by atoms with van der Waals surface area (Å²) in [5, 5.41) is 2.32. The molecule has 0 radical (unpaired) electrons. The van der Waals surface area contributed by atoms with E-state index in [0.717, 1.165) is 11.9 Å². The first-order chi connectivity index (χ1) is 7.43. The third kappa shape index (κ3) is 1.42. The minimum absolute atomic E-state index is 0.830. The highest BCUT2D eigenvalue weighted by Crippen LogP contribution is 2.20. The van der Waals surface area contributed by atoms with Crippen molar-refractivity contribution in [3.8, 4) is 0 Å². The maximum absolute atomic E-state index is 5.20. The van der Waals surface area contributed by atoms with Gasteiger partial charge in [0.15, 0.2) is 0 Å². The number of imidazole rings is 1. The lowest BCUT2D eigenvalue weighted by Gasteiger charge is -2.03. The quantitative estimate of drug-likeness (QED) is 0.633. The summed E-state index contributed by atoms with van der Waals surface area (Å²) in [5.74, 6) is 0. The Morgan fingerprint density at radius 3 is 3.13 bits per heavy atom. The van der Waals surface area contributed by atoms with Crippen molar-refractivity contribution in [3.63, 3.8) is 0 Å². The summed E-state index contributed by atoms with van der Waals surface area (Å²) in [6.07, 6.45) is 9.13. The van der Waals surface area contributed by atoms with E-state index in [4.69, 9.17) is 4.42 Å². The number of benzene rings is 1. The van der Waals surface area contributed by atoms with E-state index < -0.39 is 0 Å². The highest BCUT2D eigenvalue weighted by molar-refractivity contribution is 5.84. The molecular weight excluding hydrogens is 188 g/mol. The summed E-state index contributed by atoms with van der Waals surface area (Å²) in [7, 11) is 0. The van der Waals surface area contributed by atoms with Gasteiger partial charge in [-0.3, -0.25) is 0 Å². The maximum atomic E-state index is 5.20. The van der Waals surface area contributed by atoms with Gasteiger partial charge in [0, 0.05) is 29.7 Å². The van der Waals surface area contributed by atoms with Crippen LogP contribution in [-0.2, 0) is 6.54 Å². The van der Waals surface area contributed by atoms with E-state index in [-0.39, 0.29) is 0 Å². The van der Waals surface area contributed by atoms with E-state index in [0.29, 0.717) is 0 Å². The molecular formula is C12H10N2O. The van der Waals surface area contributed by atoms with E-state index in [1.54, 1.807) is 18.7 Å². The van der Waals surface area contributed by atoms with E-state index in [1.807, 2.05) is 23.2 Å². The number of nitrogens with zero attached hydrogens (tertiary/aromatic N) is 2. The number of rotatable bonds is 2. The Bertz CT molecular complexity index is 566. The second-order valence-electron chi connectivity index (χ2n) is 3.53. The molecule has 3 rings (SSSR count). The van der Waals surface area contributed by atoms with Crippen molar-refractivity contribution in [1.82, 2.24) is 9.55 Å². The third-order valence-corrected chi connectivity index (χ3v) is 2.52. The van der Waals surface area contributed by atoms with Crippen molar-refractivity contribution < 1.29 is 4.42 Å². The topological polar surface area (TPSA) is 31.0 Å². The van der Waals surface area contributed by atoms with Crippen molar-refractivity contribution in [1.29, 1.82) is 0 Å². The zero-order valence-electron chi connectivity index (χ0n) is 8.13. The normalized spacial score (nSPS) is 10.9. The van der Waals surface area contributed by atoms with Crippen molar-refractivity contribution in [2.24, 2.45) is 0 Å². The van der Waals surface area contributed by atoms with Crippen LogP contribution in [0.5, 0.6) is 0 Å². The standard InChI is InChI=1S/C12H10N2O/c1-2-10(6-14-5-4-13-9-14)12-8-15-7-11(12)3-1/h1-5,7-9H,6H2. The lowest BCUT2D eigenvalue weighted by molar-refractivity contribution is 0.572. The van der Waals surface area contributed by atoms with Gasteiger partial charge in [0.25, 0.3) is 0 Å². The first-order valence-electron chi connectivity index (χ1n) is 4.83. The summed E-state index contributed by atoms with van der Waals surface area (Å²) in [6.45, 7) is 0.830. The Morgan fingerprint density at radius 2 is 2.27 bits per heavy atom. The van der Waals surface area contributed by atoms with Crippen molar-refractivity contribution >= 4 is 10.8 Å². The van der Waals surface area contributed by atoms with Gasteiger partial charge in [0.1, 0.15) is 0 Å². The van der Waals surface area contributed by atoms with Crippen molar-refractivity contribution in [2.75, 3.05) is 0 Å². The van der Waals surface area contributed by atoms with E-state index in [2.05, 4.69) is 17.1 Å². The lowest BCUT2D eigenvalue weighted by atomic mass is 10.1. The number of fused-ring (bicyclic) bond motifs is 1. The third-order valence-electron chi connectivity index (χ3n) is 2.52. The molecule has 0 N–H and O–H groups in total. The molecule has 3 heteroatoms. The Kier molecular flexibility index (Phi) is 1.81. The van der Waals surface area contributed by atoms with Crippen LogP contribution in [0.25, 0.3) is 10.8 Å². The smallest absolute Gasteiger partial charge is 0.0984 e. The van der Waals surface area contributed by atoms with Crippen molar-refractivity contribution in [3.05, 3.63) is 55.0 Å². The van der Waals surface area contributed by atoms with Gasteiger partial charge in [0.2, 0.25) is 0 Å². The van der Waals surface area contributed by atoms with Gasteiger partial charge in [-0.25, -0.2) is 4.98 Å². The van der Waals surface area contributed by atoms with Crippen LogP contribution in [0.15, 0.2) is 53.9 Å². The summed E-state index contributed by atoms with van der Waals surface area (Å²) in [5.41, 5.74) is 1.25. The van der Waals surface area contributed by atoms with Crippen LogP contribution < -0.4 is 0 Å². The molecule has 0 aliphatic rings. The second kappa shape index (κ2) is 3.28. The van der Waals surface area contributed by atoms with Gasteiger partial charge in [-0.2, -0.15) is 0 Å². The Hall–Kier alpha value is -2.03. The van der Waals surface area contributed by atoms with Crippen LogP contribution in [0.4, 0.5) is 0 Å². The van der Waals surface area contributed by atoms with Gasteiger partial charge in [0.05, 0.1) is 18.9 Å². The zero-order valence-corrected chi connectivity index (χ0v) is 8.13. The van der Waals surface area contributed by atoms with Crippen LogP contribution in [0.1, 0.15) is 5.56 Å². The average Bonchev–Trinajstić information content (AvgIpc) is 2.87. The molecule has 0 aliphatic carbocycles. The fraction of sp³-hybridized carbons (Fsp3) is 0.0833. The molecule has 2 heterocycles. The fourth-order valence-corrected chi connectivity index (χ4v) is 1.77. The summed E-state index contributed by atoms with van der Waals surface area (Å²) < 4.78 is 7.24. The molecule has 0 unspecified atom stereocenters. The second-order valence-corrected chi connectivity index (χ2v) is 3.53. The number of hydrogen-bond acceptors (Lipinski definition) is 2. The molecule has 3 aromatic rings. The highest BCUT2D eigenvalue weighted by atomic mass is 16.3. The Balaban J connectivity index is 2.07. The van der Waals surface area contributed by atoms with Crippen LogP contribution >= 0.6 is 0 Å². The molecule has 0 fully saturated rings. The molecule has 74 valence electrons. The van der Waals surface area contributed by atoms with Crippen molar-refractivity contribution in [2.45, 2.75) is 6.54 Å². The SMILES string of the molecule is c1cc(Cn2ccnc2)c2cocc2c1. The monoisotopic (exact) mass is 198 g/mol. The number of hydrogen-bond donors (Lipinski definition) is 0. The first-order valence-corrected chi connectivity index (χ1v) is 4.83. The van der Waals surface area contributed by atoms with E-state index in [1.165, 1.54) is 10.9 Å². The molecule has 0 bridgehead atoms. The molecule has 0 saturated heterocycles. The highest BCUT2D eigenvalue weighted by Gasteiger charge is 2.02. The molecule has 3 nitrogen and oxygen atoms in total. The molecule has 0 amide bonds. The molecule has 0 spiro atoms. The maximum Gasteiger partial charge on any atom is 0.0984 e. The molecule has 15 heavy (non-hydrogen) atoms.